The number of carbonyl (C=O) groups excluding carboxylic acids is 2. The molecule has 2 aromatic rings. The molecule has 0 aliphatic heterocycles. The van der Waals surface area contributed by atoms with Crippen LogP contribution in [0.25, 0.3) is 0 Å². The highest BCUT2D eigenvalue weighted by Gasteiger charge is 2.16. The Labute approximate surface area is 149 Å². The van der Waals surface area contributed by atoms with Crippen LogP contribution < -0.4 is 14.8 Å². The van der Waals surface area contributed by atoms with E-state index in [0.717, 1.165) is 4.90 Å². The van der Waals surface area contributed by atoms with Gasteiger partial charge in [-0.25, -0.2) is 4.98 Å². The van der Waals surface area contributed by atoms with Crippen molar-refractivity contribution in [3.05, 3.63) is 42.1 Å². The summed E-state index contributed by atoms with van der Waals surface area (Å²) in [7, 11) is 4.39. The van der Waals surface area contributed by atoms with Crippen LogP contribution in [0.15, 0.2) is 46.5 Å². The molecular formula is C17H18N2O5S. The molecule has 0 saturated heterocycles. The molecule has 2 rings (SSSR count). The van der Waals surface area contributed by atoms with E-state index in [9.17, 15) is 9.59 Å². The predicted octanol–water partition coefficient (Wildman–Crippen LogP) is 2.15. The lowest BCUT2D eigenvalue weighted by molar-refractivity contribution is -0.139. The molecule has 8 heteroatoms. The van der Waals surface area contributed by atoms with Crippen molar-refractivity contribution in [2.24, 2.45) is 0 Å². The van der Waals surface area contributed by atoms with E-state index in [1.807, 2.05) is 0 Å². The molecule has 0 bridgehead atoms. The summed E-state index contributed by atoms with van der Waals surface area (Å²) in [4.78, 5) is 28.5. The molecular weight excluding hydrogens is 344 g/mol. The van der Waals surface area contributed by atoms with Gasteiger partial charge in [0.15, 0.2) is 0 Å². The average molecular weight is 362 g/mol. The van der Waals surface area contributed by atoms with E-state index in [1.165, 1.54) is 18.9 Å². The normalized spacial score (nSPS) is 10.0. The zero-order valence-electron chi connectivity index (χ0n) is 14.1. The van der Waals surface area contributed by atoms with Crippen molar-refractivity contribution in [3.63, 3.8) is 0 Å². The van der Waals surface area contributed by atoms with Crippen LogP contribution in [-0.4, -0.2) is 44.7 Å². The summed E-state index contributed by atoms with van der Waals surface area (Å²) in [5, 5.41) is 2.99. The maximum atomic E-state index is 12.3. The molecule has 1 N–H and O–H groups in total. The zero-order valence-corrected chi connectivity index (χ0v) is 14.9. The number of ether oxygens (including phenoxy) is 3. The average Bonchev–Trinajstić information content (AvgIpc) is 2.66. The van der Waals surface area contributed by atoms with Gasteiger partial charge in [0.25, 0.3) is 5.91 Å². The topological polar surface area (TPSA) is 86.8 Å². The Hall–Kier alpha value is -2.74. The van der Waals surface area contributed by atoms with Crippen molar-refractivity contribution in [1.82, 2.24) is 10.3 Å². The number of pyridine rings is 1. The van der Waals surface area contributed by atoms with Crippen molar-refractivity contribution < 1.29 is 23.8 Å². The number of amides is 1. The second-order valence-corrected chi connectivity index (χ2v) is 5.76. The van der Waals surface area contributed by atoms with Gasteiger partial charge in [-0.05, 0) is 30.3 Å². The van der Waals surface area contributed by atoms with E-state index >= 15 is 0 Å². The number of benzene rings is 1. The Balaban J connectivity index is 2.26. The number of methoxy groups -OCH3 is 3. The van der Waals surface area contributed by atoms with Gasteiger partial charge in [0.05, 0.1) is 31.8 Å². The van der Waals surface area contributed by atoms with Crippen molar-refractivity contribution in [2.45, 2.75) is 9.92 Å². The SMILES string of the molecule is COC(=O)CNC(=O)c1cccnc1Sc1cc(OC)ccc1OC. The number of esters is 1. The summed E-state index contributed by atoms with van der Waals surface area (Å²) in [6.45, 7) is -0.211. The van der Waals surface area contributed by atoms with Gasteiger partial charge in [0, 0.05) is 6.20 Å². The first kappa shape index (κ1) is 18.6. The smallest absolute Gasteiger partial charge is 0.325 e. The van der Waals surface area contributed by atoms with Gasteiger partial charge in [0.1, 0.15) is 23.1 Å². The standard InChI is InChI=1S/C17H18N2O5S/c1-22-11-6-7-13(23-2)14(9-11)25-17-12(5-4-8-18-17)16(21)19-10-15(20)24-3/h4-9H,10H2,1-3H3,(H,19,21). The fourth-order valence-corrected chi connectivity index (χ4v) is 2.95. The summed E-state index contributed by atoms with van der Waals surface area (Å²) in [5.41, 5.74) is 0.348. The number of aromatic nitrogens is 1. The number of rotatable bonds is 7. The zero-order chi connectivity index (χ0) is 18.2. The molecule has 0 fully saturated rings. The van der Waals surface area contributed by atoms with Gasteiger partial charge in [0.2, 0.25) is 0 Å². The van der Waals surface area contributed by atoms with Gasteiger partial charge >= 0.3 is 5.97 Å². The lowest BCUT2D eigenvalue weighted by Crippen LogP contribution is -2.30. The van der Waals surface area contributed by atoms with Crippen molar-refractivity contribution in [2.75, 3.05) is 27.9 Å². The van der Waals surface area contributed by atoms with E-state index in [0.29, 0.717) is 22.1 Å². The maximum absolute atomic E-state index is 12.3. The molecule has 0 spiro atoms. The minimum atomic E-state index is -0.527. The quantitative estimate of drug-likeness (QED) is 0.755. The summed E-state index contributed by atoms with van der Waals surface area (Å²) >= 11 is 1.27. The summed E-state index contributed by atoms with van der Waals surface area (Å²) in [6, 6.07) is 8.65. The van der Waals surface area contributed by atoms with E-state index in [1.54, 1.807) is 50.7 Å². The fraction of sp³-hybridized carbons (Fsp3) is 0.235. The van der Waals surface area contributed by atoms with E-state index in [-0.39, 0.29) is 6.54 Å². The molecule has 0 atom stereocenters. The third kappa shape index (κ3) is 4.87. The first-order valence-corrected chi connectivity index (χ1v) is 8.10. The second kappa shape index (κ2) is 8.93. The number of hydrogen-bond donors (Lipinski definition) is 1. The van der Waals surface area contributed by atoms with Gasteiger partial charge in [-0.15, -0.1) is 0 Å². The van der Waals surface area contributed by atoms with Crippen molar-refractivity contribution in [1.29, 1.82) is 0 Å². The fourth-order valence-electron chi connectivity index (χ4n) is 1.93. The highest BCUT2D eigenvalue weighted by molar-refractivity contribution is 7.99. The number of hydrogen-bond acceptors (Lipinski definition) is 7. The van der Waals surface area contributed by atoms with Crippen molar-refractivity contribution >= 4 is 23.6 Å². The number of carbonyl (C=O) groups is 2. The Morgan fingerprint density at radius 1 is 1.16 bits per heavy atom. The monoisotopic (exact) mass is 362 g/mol. The molecule has 25 heavy (non-hydrogen) atoms. The largest absolute Gasteiger partial charge is 0.497 e. The van der Waals surface area contributed by atoms with Crippen LogP contribution in [0.1, 0.15) is 10.4 Å². The molecule has 0 saturated carbocycles. The highest BCUT2D eigenvalue weighted by atomic mass is 32.2. The minimum absolute atomic E-state index is 0.211. The Kier molecular flexibility index (Phi) is 6.64. The third-order valence-electron chi connectivity index (χ3n) is 3.21. The lowest BCUT2D eigenvalue weighted by atomic mass is 10.2. The predicted molar refractivity (Wildman–Crippen MR) is 92.3 cm³/mol. The molecule has 7 nitrogen and oxygen atoms in total. The molecule has 0 aliphatic rings. The third-order valence-corrected chi connectivity index (χ3v) is 4.27. The van der Waals surface area contributed by atoms with Crippen LogP contribution in [0.2, 0.25) is 0 Å². The minimum Gasteiger partial charge on any atom is -0.497 e. The Morgan fingerprint density at radius 3 is 2.64 bits per heavy atom. The molecule has 1 heterocycles. The molecule has 0 aliphatic carbocycles. The Bertz CT molecular complexity index is 766. The van der Waals surface area contributed by atoms with E-state index < -0.39 is 11.9 Å². The van der Waals surface area contributed by atoms with Gasteiger partial charge < -0.3 is 19.5 Å². The van der Waals surface area contributed by atoms with Gasteiger partial charge in [-0.2, -0.15) is 0 Å². The van der Waals surface area contributed by atoms with Crippen LogP contribution in [0.5, 0.6) is 11.5 Å². The summed E-state index contributed by atoms with van der Waals surface area (Å²) in [5.74, 6) is 0.358. The maximum Gasteiger partial charge on any atom is 0.325 e. The molecule has 0 radical (unpaired) electrons. The second-order valence-electron chi connectivity index (χ2n) is 4.73. The highest BCUT2D eigenvalue weighted by Crippen LogP contribution is 2.37. The molecule has 1 aromatic carbocycles. The van der Waals surface area contributed by atoms with Gasteiger partial charge in [-0.1, -0.05) is 11.8 Å². The number of nitrogens with zero attached hydrogens (tertiary/aromatic N) is 1. The van der Waals surface area contributed by atoms with Gasteiger partial charge in [-0.3, -0.25) is 9.59 Å². The van der Waals surface area contributed by atoms with Crippen LogP contribution in [-0.2, 0) is 9.53 Å². The summed E-state index contributed by atoms with van der Waals surface area (Å²) < 4.78 is 15.1. The van der Waals surface area contributed by atoms with Crippen molar-refractivity contribution in [3.8, 4) is 11.5 Å². The summed E-state index contributed by atoms with van der Waals surface area (Å²) in [6.07, 6.45) is 1.59. The molecule has 1 aromatic heterocycles. The molecule has 1 amide bonds. The first-order chi connectivity index (χ1) is 12.1. The molecule has 132 valence electrons. The Morgan fingerprint density at radius 2 is 1.96 bits per heavy atom. The first-order valence-electron chi connectivity index (χ1n) is 7.29. The van der Waals surface area contributed by atoms with Crippen LogP contribution in [0.3, 0.4) is 0 Å². The number of nitrogens with one attached hydrogen (secondary N) is 1. The van der Waals surface area contributed by atoms with E-state index in [4.69, 9.17) is 9.47 Å². The molecule has 0 unspecified atom stereocenters. The van der Waals surface area contributed by atoms with E-state index in [2.05, 4.69) is 15.0 Å². The van der Waals surface area contributed by atoms with Crippen LogP contribution in [0.4, 0.5) is 0 Å². The van der Waals surface area contributed by atoms with Crippen LogP contribution >= 0.6 is 11.8 Å². The van der Waals surface area contributed by atoms with Crippen LogP contribution in [0, 0.1) is 0 Å². The lowest BCUT2D eigenvalue weighted by Gasteiger charge is -2.12.